The van der Waals surface area contributed by atoms with Gasteiger partial charge >= 0.3 is 0 Å². The summed E-state index contributed by atoms with van der Waals surface area (Å²) in [6.07, 6.45) is 0. The molecule has 0 radical (unpaired) electrons. The molecular weight excluding hydrogens is 382 g/mol. The summed E-state index contributed by atoms with van der Waals surface area (Å²) in [5, 5.41) is 9.82. The molecular formula is C19H10ClF4N3. The van der Waals surface area contributed by atoms with Crippen LogP contribution in [0.3, 0.4) is 0 Å². The van der Waals surface area contributed by atoms with Crippen LogP contribution < -0.4 is 5.32 Å². The summed E-state index contributed by atoms with van der Waals surface area (Å²) in [7, 11) is 0. The van der Waals surface area contributed by atoms with E-state index in [9.17, 15) is 17.6 Å². The molecule has 3 aromatic carbocycles. The van der Waals surface area contributed by atoms with Gasteiger partial charge in [0.1, 0.15) is 5.69 Å². The lowest BCUT2D eigenvalue weighted by Crippen LogP contribution is -2.03. The molecule has 1 heterocycles. The molecule has 4 aromatic rings. The lowest BCUT2D eigenvalue weighted by atomic mass is 10.0. The first-order valence-corrected chi connectivity index (χ1v) is 8.16. The molecule has 0 unspecified atom stereocenters. The Balaban J connectivity index is 1.85. The second-order valence-corrected chi connectivity index (χ2v) is 6.19. The number of fused-ring (bicyclic) bond motifs is 1. The Kier molecular flexibility index (Phi) is 4.24. The Morgan fingerprint density at radius 1 is 0.889 bits per heavy atom. The van der Waals surface area contributed by atoms with Crippen LogP contribution in [0.2, 0.25) is 5.02 Å². The summed E-state index contributed by atoms with van der Waals surface area (Å²) in [4.78, 5) is 0. The van der Waals surface area contributed by atoms with Gasteiger partial charge in [-0.1, -0.05) is 41.9 Å². The van der Waals surface area contributed by atoms with E-state index in [2.05, 4.69) is 15.5 Å². The van der Waals surface area contributed by atoms with Crippen LogP contribution in [0, 0.1) is 23.3 Å². The lowest BCUT2D eigenvalue weighted by molar-refractivity contribution is 0.459. The van der Waals surface area contributed by atoms with Gasteiger partial charge in [-0.25, -0.2) is 17.6 Å². The fraction of sp³-hybridized carbons (Fsp3) is 0. The highest BCUT2D eigenvalue weighted by molar-refractivity contribution is 6.34. The number of H-pyrrole nitrogens is 1. The van der Waals surface area contributed by atoms with Crippen LogP contribution in [-0.4, -0.2) is 10.2 Å². The zero-order chi connectivity index (χ0) is 19.1. The van der Waals surface area contributed by atoms with Gasteiger partial charge in [0.15, 0.2) is 29.1 Å². The highest BCUT2D eigenvalue weighted by Gasteiger charge is 2.21. The summed E-state index contributed by atoms with van der Waals surface area (Å²) >= 11 is 6.31. The number of hydrogen-bond donors (Lipinski definition) is 2. The van der Waals surface area contributed by atoms with E-state index in [0.717, 1.165) is 5.56 Å². The van der Waals surface area contributed by atoms with Crippen molar-refractivity contribution >= 4 is 34.0 Å². The molecule has 3 nitrogen and oxygen atoms in total. The molecule has 0 spiro atoms. The minimum absolute atomic E-state index is 0.00153. The average molecular weight is 392 g/mol. The normalized spacial score (nSPS) is 11.1. The van der Waals surface area contributed by atoms with Gasteiger partial charge in [-0.2, -0.15) is 5.10 Å². The van der Waals surface area contributed by atoms with Crippen LogP contribution in [0.4, 0.5) is 29.1 Å². The molecule has 0 saturated carbocycles. The van der Waals surface area contributed by atoms with E-state index in [0.29, 0.717) is 21.5 Å². The van der Waals surface area contributed by atoms with Crippen molar-refractivity contribution in [1.82, 2.24) is 10.2 Å². The van der Waals surface area contributed by atoms with Gasteiger partial charge in [0.05, 0.1) is 10.5 Å². The van der Waals surface area contributed by atoms with E-state index in [1.54, 1.807) is 12.1 Å². The predicted molar refractivity (Wildman–Crippen MR) is 96.1 cm³/mol. The molecule has 0 aliphatic rings. The van der Waals surface area contributed by atoms with Crippen molar-refractivity contribution in [2.45, 2.75) is 0 Å². The van der Waals surface area contributed by atoms with Gasteiger partial charge in [0.2, 0.25) is 0 Å². The third-order valence-electron chi connectivity index (χ3n) is 4.09. The highest BCUT2D eigenvalue weighted by Crippen LogP contribution is 2.36. The molecule has 27 heavy (non-hydrogen) atoms. The predicted octanol–water partition coefficient (Wildman–Crippen LogP) is 6.18. The fourth-order valence-corrected chi connectivity index (χ4v) is 3.05. The Bertz CT molecular complexity index is 1130. The third kappa shape index (κ3) is 3.00. The second kappa shape index (κ2) is 6.59. The van der Waals surface area contributed by atoms with Crippen molar-refractivity contribution < 1.29 is 17.6 Å². The van der Waals surface area contributed by atoms with E-state index >= 15 is 0 Å². The Morgan fingerprint density at radius 2 is 1.56 bits per heavy atom. The van der Waals surface area contributed by atoms with Gasteiger partial charge in [-0.05, 0) is 17.7 Å². The third-order valence-corrected chi connectivity index (χ3v) is 4.40. The van der Waals surface area contributed by atoms with Crippen molar-refractivity contribution in [3.05, 3.63) is 76.8 Å². The first-order chi connectivity index (χ1) is 13.0. The molecule has 8 heteroatoms. The maximum Gasteiger partial charge on any atom is 0.185 e. The highest BCUT2D eigenvalue weighted by atomic mass is 35.5. The van der Waals surface area contributed by atoms with Crippen molar-refractivity contribution in [1.29, 1.82) is 0 Å². The SMILES string of the molecule is Fc1cc(F)c(F)c(Nc2n[nH]c3cc(Cl)c(-c4ccccc4)cc23)c1F. The maximum absolute atomic E-state index is 13.9. The number of aromatic nitrogens is 2. The number of nitrogens with one attached hydrogen (secondary N) is 2. The molecule has 0 aliphatic heterocycles. The minimum Gasteiger partial charge on any atom is -0.333 e. The topological polar surface area (TPSA) is 40.7 Å². The van der Waals surface area contributed by atoms with Gasteiger partial charge in [0, 0.05) is 17.0 Å². The number of hydrogen-bond acceptors (Lipinski definition) is 2. The Labute approximate surface area is 155 Å². The molecule has 2 N–H and O–H groups in total. The quantitative estimate of drug-likeness (QED) is 0.323. The number of halogens is 5. The zero-order valence-electron chi connectivity index (χ0n) is 13.5. The van der Waals surface area contributed by atoms with Gasteiger partial charge in [-0.15, -0.1) is 0 Å². The zero-order valence-corrected chi connectivity index (χ0v) is 14.2. The van der Waals surface area contributed by atoms with Crippen LogP contribution in [-0.2, 0) is 0 Å². The number of aromatic amines is 1. The van der Waals surface area contributed by atoms with E-state index in [1.807, 2.05) is 30.3 Å². The minimum atomic E-state index is -1.54. The summed E-state index contributed by atoms with van der Waals surface area (Å²) in [5.74, 6) is -6.10. The number of benzene rings is 3. The summed E-state index contributed by atoms with van der Waals surface area (Å²) < 4.78 is 54.7. The molecule has 0 saturated heterocycles. The second-order valence-electron chi connectivity index (χ2n) is 5.78. The average Bonchev–Trinajstić information content (AvgIpc) is 3.05. The van der Waals surface area contributed by atoms with E-state index < -0.39 is 29.0 Å². The molecule has 0 fully saturated rings. The van der Waals surface area contributed by atoms with Gasteiger partial charge in [0.25, 0.3) is 0 Å². The summed E-state index contributed by atoms with van der Waals surface area (Å²) in [6.45, 7) is 0. The smallest absolute Gasteiger partial charge is 0.185 e. The molecule has 0 aliphatic carbocycles. The molecule has 0 amide bonds. The van der Waals surface area contributed by atoms with Crippen molar-refractivity contribution in [2.24, 2.45) is 0 Å². The summed E-state index contributed by atoms with van der Waals surface area (Å²) in [6, 6.07) is 12.6. The van der Waals surface area contributed by atoms with Crippen LogP contribution in [0.1, 0.15) is 0 Å². The van der Waals surface area contributed by atoms with Gasteiger partial charge in [-0.3, -0.25) is 5.10 Å². The van der Waals surface area contributed by atoms with Crippen LogP contribution >= 0.6 is 11.6 Å². The number of anilines is 2. The maximum atomic E-state index is 13.9. The van der Waals surface area contributed by atoms with Crippen LogP contribution in [0.25, 0.3) is 22.0 Å². The van der Waals surface area contributed by atoms with E-state index in [4.69, 9.17) is 11.6 Å². The van der Waals surface area contributed by atoms with Crippen molar-refractivity contribution in [2.75, 3.05) is 5.32 Å². The molecule has 136 valence electrons. The van der Waals surface area contributed by atoms with E-state index in [1.165, 1.54) is 0 Å². The fourth-order valence-electron chi connectivity index (χ4n) is 2.77. The molecule has 4 rings (SSSR count). The first kappa shape index (κ1) is 17.4. The van der Waals surface area contributed by atoms with Crippen molar-refractivity contribution in [3.63, 3.8) is 0 Å². The largest absolute Gasteiger partial charge is 0.333 e. The van der Waals surface area contributed by atoms with E-state index in [-0.39, 0.29) is 11.9 Å². The molecule has 0 atom stereocenters. The monoisotopic (exact) mass is 391 g/mol. The summed E-state index contributed by atoms with van der Waals surface area (Å²) in [5.41, 5.74) is 1.02. The number of rotatable bonds is 3. The Morgan fingerprint density at radius 3 is 2.22 bits per heavy atom. The van der Waals surface area contributed by atoms with Crippen LogP contribution in [0.5, 0.6) is 0 Å². The lowest BCUT2D eigenvalue weighted by Gasteiger charge is -2.09. The van der Waals surface area contributed by atoms with Crippen LogP contribution in [0.15, 0.2) is 48.5 Å². The first-order valence-electron chi connectivity index (χ1n) is 7.78. The molecule has 1 aromatic heterocycles. The van der Waals surface area contributed by atoms with Crippen molar-refractivity contribution in [3.8, 4) is 11.1 Å². The Hall–Kier alpha value is -3.06. The standard InChI is InChI=1S/C19H10ClF4N3/c20-12-7-15-11(6-10(12)9-4-2-1-3-5-9)19(27-26-15)25-18-16(23)13(21)8-14(22)17(18)24/h1-8H,(H2,25,26,27). The molecule has 0 bridgehead atoms. The van der Waals surface area contributed by atoms with Gasteiger partial charge < -0.3 is 5.32 Å². The number of nitrogens with zero attached hydrogens (tertiary/aromatic N) is 1.